The molecular formula is C50H29N5. The van der Waals surface area contributed by atoms with E-state index in [1.807, 2.05) is 30.3 Å². The molecule has 254 valence electrons. The van der Waals surface area contributed by atoms with Crippen molar-refractivity contribution in [3.05, 3.63) is 187 Å². The molecule has 0 aliphatic carbocycles. The van der Waals surface area contributed by atoms with E-state index >= 15 is 0 Å². The molecule has 0 unspecified atom stereocenters. The first kappa shape index (κ1) is 30.7. The van der Waals surface area contributed by atoms with Gasteiger partial charge in [-0.3, -0.25) is 0 Å². The second kappa shape index (κ2) is 11.8. The summed E-state index contributed by atoms with van der Waals surface area (Å²) >= 11 is 0. The predicted molar refractivity (Wildman–Crippen MR) is 224 cm³/mol. The van der Waals surface area contributed by atoms with E-state index in [0.717, 1.165) is 71.8 Å². The molecule has 8 aromatic carbocycles. The first-order valence-corrected chi connectivity index (χ1v) is 18.3. The Hall–Kier alpha value is -7.86. The van der Waals surface area contributed by atoms with E-state index in [2.05, 4.69) is 171 Å². The lowest BCUT2D eigenvalue weighted by molar-refractivity contribution is 1.16. The fraction of sp³-hybridized carbons (Fsp3) is 0. The normalized spacial score (nSPS) is 11.6. The molecule has 11 rings (SSSR count). The Bertz CT molecular complexity index is 3420. The molecule has 0 fully saturated rings. The van der Waals surface area contributed by atoms with Crippen molar-refractivity contribution in [3.63, 3.8) is 0 Å². The molecule has 0 saturated carbocycles. The van der Waals surface area contributed by atoms with Gasteiger partial charge in [0.05, 0.1) is 56.0 Å². The summed E-state index contributed by atoms with van der Waals surface area (Å²) in [6.45, 7) is 0. The lowest BCUT2D eigenvalue weighted by Crippen LogP contribution is -1.99. The Labute approximate surface area is 316 Å². The smallest absolute Gasteiger partial charge is 0.101 e. The topological polar surface area (TPSA) is 62.4 Å². The summed E-state index contributed by atoms with van der Waals surface area (Å²) in [4.78, 5) is 0. The van der Waals surface area contributed by atoms with E-state index in [1.54, 1.807) is 0 Å². The van der Waals surface area contributed by atoms with Gasteiger partial charge in [-0.1, -0.05) is 97.1 Å². The van der Waals surface area contributed by atoms with E-state index in [-0.39, 0.29) is 0 Å². The van der Waals surface area contributed by atoms with Crippen molar-refractivity contribution >= 4 is 65.4 Å². The van der Waals surface area contributed by atoms with E-state index in [4.69, 9.17) is 0 Å². The van der Waals surface area contributed by atoms with Crippen LogP contribution < -0.4 is 0 Å². The number of nitrogens with zero attached hydrogens (tertiary/aromatic N) is 5. The molecule has 0 spiro atoms. The Balaban J connectivity index is 1.10. The van der Waals surface area contributed by atoms with Gasteiger partial charge in [-0.2, -0.15) is 10.5 Å². The molecule has 55 heavy (non-hydrogen) atoms. The molecule has 5 heteroatoms. The minimum Gasteiger partial charge on any atom is -0.309 e. The highest BCUT2D eigenvalue weighted by atomic mass is 15.0. The number of rotatable bonds is 4. The van der Waals surface area contributed by atoms with Crippen LogP contribution in [0.3, 0.4) is 0 Å². The maximum absolute atomic E-state index is 10.5. The zero-order valence-corrected chi connectivity index (χ0v) is 29.5. The standard InChI is InChI=1S/C50H29N5/c51-30-32-20-24-42-40-14-3-7-18-46(40)54(50(42)26-32)36-11-9-10-33(27-36)34-21-22-35(31-52)49(28-34)55-47-19-8-4-15-41(47)43-29-37(23-25-48(43)55)53-44-16-5-1-12-38(44)39-13-2-6-17-45(39)53/h1-29H. The molecule has 3 aromatic heterocycles. The summed E-state index contributed by atoms with van der Waals surface area (Å²) in [7, 11) is 0. The summed E-state index contributed by atoms with van der Waals surface area (Å²) in [5.41, 5.74) is 12.6. The molecule has 0 aliphatic heterocycles. The van der Waals surface area contributed by atoms with Crippen molar-refractivity contribution in [1.29, 1.82) is 10.5 Å². The molecule has 0 amide bonds. The third-order valence-corrected chi connectivity index (χ3v) is 11.1. The lowest BCUT2D eigenvalue weighted by atomic mass is 10.0. The van der Waals surface area contributed by atoms with Crippen LogP contribution in [-0.2, 0) is 0 Å². The van der Waals surface area contributed by atoms with Crippen molar-refractivity contribution in [1.82, 2.24) is 13.7 Å². The van der Waals surface area contributed by atoms with Gasteiger partial charge in [0.15, 0.2) is 0 Å². The highest BCUT2D eigenvalue weighted by Crippen LogP contribution is 2.39. The van der Waals surface area contributed by atoms with Crippen LogP contribution in [0.25, 0.3) is 93.6 Å². The molecular weight excluding hydrogens is 671 g/mol. The summed E-state index contributed by atoms with van der Waals surface area (Å²) in [6.07, 6.45) is 0. The monoisotopic (exact) mass is 699 g/mol. The molecule has 5 nitrogen and oxygen atoms in total. The third-order valence-electron chi connectivity index (χ3n) is 11.1. The largest absolute Gasteiger partial charge is 0.309 e. The van der Waals surface area contributed by atoms with Crippen molar-refractivity contribution in [2.45, 2.75) is 0 Å². The van der Waals surface area contributed by atoms with Crippen LogP contribution in [0.2, 0.25) is 0 Å². The summed E-state index contributed by atoms with van der Waals surface area (Å²) in [5.74, 6) is 0. The number of nitriles is 2. The molecule has 11 aromatic rings. The number of fused-ring (bicyclic) bond motifs is 9. The van der Waals surface area contributed by atoms with Crippen LogP contribution in [0.1, 0.15) is 11.1 Å². The first-order valence-electron chi connectivity index (χ1n) is 18.3. The fourth-order valence-corrected chi connectivity index (χ4v) is 8.69. The summed E-state index contributed by atoms with van der Waals surface area (Å²) in [5, 5.41) is 27.2. The molecule has 3 heterocycles. The van der Waals surface area contributed by atoms with E-state index in [0.29, 0.717) is 11.1 Å². The van der Waals surface area contributed by atoms with Crippen LogP contribution in [0.15, 0.2) is 176 Å². The second-order valence-corrected chi connectivity index (χ2v) is 14.0. The maximum atomic E-state index is 10.5. The van der Waals surface area contributed by atoms with Crippen LogP contribution >= 0.6 is 0 Å². The van der Waals surface area contributed by atoms with Gasteiger partial charge in [0.1, 0.15) is 6.07 Å². The predicted octanol–water partition coefficient (Wildman–Crippen LogP) is 12.4. The highest BCUT2D eigenvalue weighted by molar-refractivity contribution is 6.13. The van der Waals surface area contributed by atoms with Gasteiger partial charge in [0, 0.05) is 43.7 Å². The number of para-hydroxylation sites is 4. The molecule has 0 saturated heterocycles. The average Bonchev–Trinajstić information content (AvgIpc) is 3.88. The minimum atomic E-state index is 0.598. The van der Waals surface area contributed by atoms with Gasteiger partial charge in [0.25, 0.3) is 0 Å². The Kier molecular flexibility index (Phi) is 6.61. The van der Waals surface area contributed by atoms with Gasteiger partial charge in [-0.25, -0.2) is 0 Å². The Morgan fingerprint density at radius 3 is 1.49 bits per heavy atom. The zero-order chi connectivity index (χ0) is 36.6. The van der Waals surface area contributed by atoms with Crippen LogP contribution in [0, 0.1) is 22.7 Å². The van der Waals surface area contributed by atoms with Gasteiger partial charge in [-0.05, 0) is 90.0 Å². The second-order valence-electron chi connectivity index (χ2n) is 14.0. The van der Waals surface area contributed by atoms with E-state index < -0.39 is 0 Å². The molecule has 0 N–H and O–H groups in total. The SMILES string of the molecule is N#Cc1ccc2c3ccccc3n(-c3cccc(-c4ccc(C#N)c(-n5c6ccccc6c6cc(-n7c8ccccc8c8ccccc87)ccc65)c4)c3)c2c1. The third kappa shape index (κ3) is 4.51. The highest BCUT2D eigenvalue weighted by Gasteiger charge is 2.19. The number of benzene rings is 8. The van der Waals surface area contributed by atoms with Crippen molar-refractivity contribution in [2.24, 2.45) is 0 Å². The van der Waals surface area contributed by atoms with Gasteiger partial charge in [0.2, 0.25) is 0 Å². The van der Waals surface area contributed by atoms with Gasteiger partial charge in [-0.15, -0.1) is 0 Å². The lowest BCUT2D eigenvalue weighted by Gasteiger charge is -2.14. The van der Waals surface area contributed by atoms with Crippen LogP contribution in [0.5, 0.6) is 0 Å². The molecule has 0 radical (unpaired) electrons. The molecule has 0 bridgehead atoms. The van der Waals surface area contributed by atoms with Gasteiger partial charge < -0.3 is 13.7 Å². The zero-order valence-electron chi connectivity index (χ0n) is 29.5. The quantitative estimate of drug-likeness (QED) is 0.184. The van der Waals surface area contributed by atoms with Crippen LogP contribution in [-0.4, -0.2) is 13.7 Å². The number of aromatic nitrogens is 3. The minimum absolute atomic E-state index is 0.598. The Morgan fingerprint density at radius 2 is 0.855 bits per heavy atom. The van der Waals surface area contributed by atoms with Crippen LogP contribution in [0.4, 0.5) is 0 Å². The van der Waals surface area contributed by atoms with Gasteiger partial charge >= 0.3 is 0 Å². The number of hydrogen-bond acceptors (Lipinski definition) is 2. The van der Waals surface area contributed by atoms with Crippen molar-refractivity contribution in [2.75, 3.05) is 0 Å². The Morgan fingerprint density at radius 1 is 0.327 bits per heavy atom. The van der Waals surface area contributed by atoms with E-state index in [1.165, 1.54) is 21.8 Å². The van der Waals surface area contributed by atoms with Crippen molar-refractivity contribution < 1.29 is 0 Å². The average molecular weight is 700 g/mol. The number of hydrogen-bond donors (Lipinski definition) is 0. The first-order chi connectivity index (χ1) is 27.2. The summed E-state index contributed by atoms with van der Waals surface area (Å²) < 4.78 is 6.83. The maximum Gasteiger partial charge on any atom is 0.101 e. The molecule has 0 aliphatic rings. The molecule has 0 atom stereocenters. The fourth-order valence-electron chi connectivity index (χ4n) is 8.69. The summed E-state index contributed by atoms with van der Waals surface area (Å²) in [6, 6.07) is 66.0. The van der Waals surface area contributed by atoms with E-state index in [9.17, 15) is 10.5 Å². The van der Waals surface area contributed by atoms with Crippen molar-refractivity contribution in [3.8, 4) is 40.3 Å².